The number of nitrogens with one attached hydrogen (secondary N) is 1. The summed E-state index contributed by atoms with van der Waals surface area (Å²) in [5.74, 6) is 2.59. The molecule has 29 heavy (non-hydrogen) atoms. The Labute approximate surface area is 176 Å². The summed E-state index contributed by atoms with van der Waals surface area (Å²) in [7, 11) is 0. The predicted octanol–water partition coefficient (Wildman–Crippen LogP) is 6.33. The third-order valence-electron chi connectivity index (χ3n) is 10.1. The Morgan fingerprint density at radius 3 is 2.69 bits per heavy atom. The van der Waals surface area contributed by atoms with E-state index in [0.717, 1.165) is 24.2 Å². The molecule has 0 spiro atoms. The van der Waals surface area contributed by atoms with Gasteiger partial charge in [-0.15, -0.1) is 0 Å². The number of fused-ring (bicyclic) bond motifs is 5. The molecule has 0 aromatic heterocycles. The Bertz CT molecular complexity index is 818. The van der Waals surface area contributed by atoms with Crippen LogP contribution in [0.1, 0.15) is 72.1 Å². The first-order valence-corrected chi connectivity index (χ1v) is 11.9. The molecule has 3 fully saturated rings. The number of allylic oxidation sites excluding steroid dienone is 6. The van der Waals surface area contributed by atoms with Crippen LogP contribution in [0.5, 0.6) is 0 Å². The maximum absolute atomic E-state index is 12.2. The number of aldehydes is 1. The normalized spacial score (nSPS) is 48.4. The Hall–Kier alpha value is -1.57. The smallest absolute Gasteiger partial charge is 0.124 e. The van der Waals surface area contributed by atoms with Crippen LogP contribution in [0.2, 0.25) is 0 Å². The van der Waals surface area contributed by atoms with Crippen molar-refractivity contribution in [3.8, 4) is 0 Å². The molecule has 0 bridgehead atoms. The summed E-state index contributed by atoms with van der Waals surface area (Å²) in [6, 6.07) is 0. The Kier molecular flexibility index (Phi) is 4.50. The first-order chi connectivity index (χ1) is 13.9. The topological polar surface area (TPSA) is 29.1 Å². The highest BCUT2D eigenvalue weighted by atomic mass is 16.1. The van der Waals surface area contributed by atoms with E-state index in [9.17, 15) is 4.79 Å². The van der Waals surface area contributed by atoms with Crippen LogP contribution in [0, 0.1) is 39.9 Å². The summed E-state index contributed by atoms with van der Waals surface area (Å²) in [5, 5.41) is 3.54. The number of hydrogen-bond donors (Lipinski definition) is 1. The van der Waals surface area contributed by atoms with E-state index in [2.05, 4.69) is 50.4 Å². The van der Waals surface area contributed by atoms with Crippen molar-refractivity contribution in [2.24, 2.45) is 39.9 Å². The van der Waals surface area contributed by atoms with Gasteiger partial charge in [-0.25, -0.2) is 0 Å². The van der Waals surface area contributed by atoms with Crippen LogP contribution >= 0.6 is 0 Å². The summed E-state index contributed by atoms with van der Waals surface area (Å²) >= 11 is 0. The summed E-state index contributed by atoms with van der Waals surface area (Å²) in [6.45, 7) is 7.47. The van der Waals surface area contributed by atoms with Gasteiger partial charge in [-0.1, -0.05) is 44.1 Å². The van der Waals surface area contributed by atoms with E-state index >= 15 is 0 Å². The van der Waals surface area contributed by atoms with Crippen LogP contribution in [-0.4, -0.2) is 6.29 Å². The third kappa shape index (κ3) is 2.63. The predicted molar refractivity (Wildman–Crippen MR) is 119 cm³/mol. The molecule has 1 N–H and O–H groups in total. The Morgan fingerprint density at radius 1 is 1.00 bits per heavy atom. The molecule has 5 aliphatic rings. The average Bonchev–Trinajstić information content (AvgIpc) is 2.91. The van der Waals surface area contributed by atoms with Crippen molar-refractivity contribution in [2.45, 2.75) is 72.1 Å². The molecule has 0 saturated heterocycles. The van der Waals surface area contributed by atoms with Gasteiger partial charge >= 0.3 is 0 Å². The molecule has 0 amide bonds. The van der Waals surface area contributed by atoms with Gasteiger partial charge in [0.1, 0.15) is 6.29 Å². The lowest BCUT2D eigenvalue weighted by molar-refractivity contribution is -0.116. The first-order valence-electron chi connectivity index (χ1n) is 11.9. The van der Waals surface area contributed by atoms with Crippen LogP contribution in [-0.2, 0) is 4.79 Å². The molecule has 1 heterocycles. The molecule has 0 aromatic rings. The summed E-state index contributed by atoms with van der Waals surface area (Å²) in [5.41, 5.74) is 3.33. The first kappa shape index (κ1) is 19.4. The summed E-state index contributed by atoms with van der Waals surface area (Å²) < 4.78 is 0. The zero-order valence-corrected chi connectivity index (χ0v) is 18.4. The molecular formula is C27H37NO. The lowest BCUT2D eigenvalue weighted by atomic mass is 9.43. The Balaban J connectivity index is 1.59. The largest absolute Gasteiger partial charge is 0.364 e. The second-order valence-corrected chi connectivity index (χ2v) is 11.2. The van der Waals surface area contributed by atoms with E-state index in [1.54, 1.807) is 5.57 Å². The second kappa shape index (κ2) is 6.72. The van der Waals surface area contributed by atoms with E-state index in [0.29, 0.717) is 5.41 Å². The van der Waals surface area contributed by atoms with Gasteiger partial charge in [0.25, 0.3) is 0 Å². The number of rotatable bonds is 2. The van der Waals surface area contributed by atoms with E-state index in [4.69, 9.17) is 0 Å². The average molecular weight is 392 g/mol. The summed E-state index contributed by atoms with van der Waals surface area (Å²) in [6.07, 6.45) is 24.7. The fourth-order valence-electron chi connectivity index (χ4n) is 8.49. The molecule has 2 nitrogen and oxygen atoms in total. The highest BCUT2D eigenvalue weighted by Gasteiger charge is 2.60. The monoisotopic (exact) mass is 391 g/mol. The van der Waals surface area contributed by atoms with Gasteiger partial charge in [0.2, 0.25) is 0 Å². The van der Waals surface area contributed by atoms with Crippen molar-refractivity contribution in [3.63, 3.8) is 0 Å². The van der Waals surface area contributed by atoms with Gasteiger partial charge in [-0.05, 0) is 92.6 Å². The number of carbonyl (C=O) groups excluding carboxylic acids is 1. The van der Waals surface area contributed by atoms with Crippen molar-refractivity contribution in [3.05, 3.63) is 47.9 Å². The summed E-state index contributed by atoms with van der Waals surface area (Å²) in [4.78, 5) is 12.2. The van der Waals surface area contributed by atoms with Crippen LogP contribution in [0.4, 0.5) is 0 Å². The molecule has 0 radical (unpaired) electrons. The maximum Gasteiger partial charge on any atom is 0.124 e. The van der Waals surface area contributed by atoms with E-state index in [-0.39, 0.29) is 16.7 Å². The minimum absolute atomic E-state index is 0.0531. The van der Waals surface area contributed by atoms with Crippen molar-refractivity contribution in [1.29, 1.82) is 0 Å². The van der Waals surface area contributed by atoms with Gasteiger partial charge in [0, 0.05) is 23.2 Å². The fraction of sp³-hybridized carbons (Fsp3) is 0.667. The minimum Gasteiger partial charge on any atom is -0.364 e. The van der Waals surface area contributed by atoms with Crippen LogP contribution in [0.3, 0.4) is 0 Å². The zero-order chi connectivity index (χ0) is 20.3. The molecule has 7 atom stereocenters. The van der Waals surface area contributed by atoms with Gasteiger partial charge in [0.15, 0.2) is 0 Å². The van der Waals surface area contributed by atoms with Crippen molar-refractivity contribution in [2.75, 3.05) is 0 Å². The van der Waals surface area contributed by atoms with Gasteiger partial charge in [-0.2, -0.15) is 0 Å². The highest BCUT2D eigenvalue weighted by Crippen LogP contribution is 2.68. The Morgan fingerprint density at radius 2 is 1.86 bits per heavy atom. The van der Waals surface area contributed by atoms with Gasteiger partial charge in [-0.3, -0.25) is 0 Å². The molecule has 4 aliphatic carbocycles. The van der Waals surface area contributed by atoms with Crippen molar-refractivity contribution >= 4 is 6.29 Å². The molecule has 156 valence electrons. The van der Waals surface area contributed by atoms with Crippen LogP contribution < -0.4 is 5.32 Å². The molecular weight excluding hydrogens is 354 g/mol. The maximum atomic E-state index is 12.2. The molecule has 3 saturated carbocycles. The SMILES string of the molecule is CC1(C2=CC=CC=CN2)C2=CC[C@H]3[C@@H]4CCC[C@@]4(C)CC[C@@H]3[C@@]2(C)CCC1C=O. The molecule has 2 heteroatoms. The molecule has 5 rings (SSSR count). The quantitative estimate of drug-likeness (QED) is 0.440. The van der Waals surface area contributed by atoms with Gasteiger partial charge < -0.3 is 10.1 Å². The molecule has 2 unspecified atom stereocenters. The van der Waals surface area contributed by atoms with Crippen LogP contribution in [0.15, 0.2) is 47.9 Å². The second-order valence-electron chi connectivity index (χ2n) is 11.2. The lowest BCUT2D eigenvalue weighted by Gasteiger charge is -2.61. The molecule has 0 aromatic carbocycles. The van der Waals surface area contributed by atoms with Crippen LogP contribution in [0.25, 0.3) is 0 Å². The van der Waals surface area contributed by atoms with Crippen molar-refractivity contribution < 1.29 is 4.79 Å². The fourth-order valence-corrected chi connectivity index (χ4v) is 8.49. The van der Waals surface area contributed by atoms with E-state index < -0.39 is 0 Å². The molecule has 1 aliphatic heterocycles. The number of hydrogen-bond acceptors (Lipinski definition) is 2. The standard InChI is InChI=1S/C27H37NO/c1-25-14-7-8-21(25)20-10-11-23-26(2,22(20)13-15-25)16-12-19(18-29)27(23,3)24-9-5-4-6-17-28-24/h4-6,9,11,17-22,28H,7-8,10,12-16H2,1-3H3/t19?,20-,21-,22-,25-,26+,27?/m0/s1. The lowest BCUT2D eigenvalue weighted by Crippen LogP contribution is -2.54. The zero-order valence-electron chi connectivity index (χ0n) is 18.4. The number of carbonyl (C=O) groups is 1. The van der Waals surface area contributed by atoms with E-state index in [1.165, 1.54) is 56.9 Å². The van der Waals surface area contributed by atoms with E-state index in [1.807, 2.05) is 12.3 Å². The van der Waals surface area contributed by atoms with Crippen molar-refractivity contribution in [1.82, 2.24) is 5.32 Å². The minimum atomic E-state index is -0.227. The van der Waals surface area contributed by atoms with Gasteiger partial charge in [0.05, 0.1) is 0 Å². The highest BCUT2D eigenvalue weighted by molar-refractivity contribution is 5.61. The third-order valence-corrected chi connectivity index (χ3v) is 10.1.